The van der Waals surface area contributed by atoms with Crippen LogP contribution in [0.3, 0.4) is 0 Å². The molecule has 4 rings (SSSR count). The predicted molar refractivity (Wildman–Crippen MR) is 114 cm³/mol. The van der Waals surface area contributed by atoms with Crippen LogP contribution in [-0.2, 0) is 4.79 Å². The van der Waals surface area contributed by atoms with E-state index >= 15 is 0 Å². The molecule has 1 aliphatic rings. The van der Waals surface area contributed by atoms with Crippen molar-refractivity contribution in [1.82, 2.24) is 9.88 Å². The Balaban J connectivity index is 1.34. The largest absolute Gasteiger partial charge is 0.494 e. The Morgan fingerprint density at radius 1 is 1.24 bits per heavy atom. The van der Waals surface area contributed by atoms with Crippen LogP contribution in [0.15, 0.2) is 53.0 Å². The molecule has 150 valence electrons. The van der Waals surface area contributed by atoms with E-state index < -0.39 is 0 Å². The molecule has 1 aliphatic heterocycles. The van der Waals surface area contributed by atoms with Gasteiger partial charge in [-0.3, -0.25) is 4.79 Å². The average molecular weight is 411 g/mol. The number of hydrogen-bond acceptors (Lipinski definition) is 4. The SMILES string of the molecule is CCOc1ccc(/C=C/C(=O)N2CCC(c3nc4cc(Cl)ccc4o3)CC2)cc1. The molecule has 1 saturated heterocycles. The molecule has 6 heteroatoms. The molecule has 0 bridgehead atoms. The highest BCUT2D eigenvalue weighted by Crippen LogP contribution is 2.31. The van der Waals surface area contributed by atoms with Crippen molar-refractivity contribution in [2.24, 2.45) is 0 Å². The number of ether oxygens (including phenoxy) is 1. The zero-order chi connectivity index (χ0) is 20.2. The number of rotatable bonds is 5. The van der Waals surface area contributed by atoms with Gasteiger partial charge in [0.1, 0.15) is 11.3 Å². The summed E-state index contributed by atoms with van der Waals surface area (Å²) in [5.41, 5.74) is 2.51. The van der Waals surface area contributed by atoms with E-state index in [2.05, 4.69) is 4.98 Å². The fourth-order valence-corrected chi connectivity index (χ4v) is 3.72. The summed E-state index contributed by atoms with van der Waals surface area (Å²) in [6, 6.07) is 13.2. The molecule has 0 atom stereocenters. The maximum absolute atomic E-state index is 12.5. The Hall–Kier alpha value is -2.79. The van der Waals surface area contributed by atoms with E-state index in [0.29, 0.717) is 24.7 Å². The van der Waals surface area contributed by atoms with Gasteiger partial charge in [0.15, 0.2) is 11.5 Å². The lowest BCUT2D eigenvalue weighted by atomic mass is 9.96. The van der Waals surface area contributed by atoms with E-state index in [1.54, 1.807) is 12.1 Å². The zero-order valence-electron chi connectivity index (χ0n) is 16.3. The highest BCUT2D eigenvalue weighted by Gasteiger charge is 2.26. The van der Waals surface area contributed by atoms with Gasteiger partial charge in [-0.25, -0.2) is 4.98 Å². The van der Waals surface area contributed by atoms with Gasteiger partial charge in [0.25, 0.3) is 0 Å². The van der Waals surface area contributed by atoms with Crippen LogP contribution in [-0.4, -0.2) is 35.5 Å². The van der Waals surface area contributed by atoms with Crippen molar-refractivity contribution in [2.75, 3.05) is 19.7 Å². The van der Waals surface area contributed by atoms with Crippen LogP contribution in [0.5, 0.6) is 5.75 Å². The minimum absolute atomic E-state index is 0.0293. The molecular formula is C23H23ClN2O3. The van der Waals surface area contributed by atoms with Crippen molar-refractivity contribution in [2.45, 2.75) is 25.7 Å². The van der Waals surface area contributed by atoms with Crippen LogP contribution in [0.4, 0.5) is 0 Å². The first-order chi connectivity index (χ1) is 14.1. The number of aromatic nitrogens is 1. The Morgan fingerprint density at radius 3 is 2.72 bits per heavy atom. The van der Waals surface area contributed by atoms with Gasteiger partial charge in [-0.15, -0.1) is 0 Å². The molecule has 0 aliphatic carbocycles. The molecule has 0 N–H and O–H groups in total. The quantitative estimate of drug-likeness (QED) is 0.535. The van der Waals surface area contributed by atoms with E-state index in [1.165, 1.54) is 0 Å². The summed E-state index contributed by atoms with van der Waals surface area (Å²) in [5.74, 6) is 1.82. The molecule has 2 heterocycles. The van der Waals surface area contributed by atoms with Gasteiger partial charge < -0.3 is 14.1 Å². The minimum Gasteiger partial charge on any atom is -0.494 e. The lowest BCUT2D eigenvalue weighted by Crippen LogP contribution is -2.36. The van der Waals surface area contributed by atoms with E-state index in [4.69, 9.17) is 20.8 Å². The third kappa shape index (κ3) is 4.62. The van der Waals surface area contributed by atoms with Gasteiger partial charge in [0.05, 0.1) is 6.61 Å². The smallest absolute Gasteiger partial charge is 0.246 e. The topological polar surface area (TPSA) is 55.6 Å². The molecule has 1 aromatic heterocycles. The van der Waals surface area contributed by atoms with Crippen molar-refractivity contribution in [3.63, 3.8) is 0 Å². The number of carbonyl (C=O) groups excluding carboxylic acids is 1. The Kier molecular flexibility index (Phi) is 5.86. The molecule has 1 fully saturated rings. The summed E-state index contributed by atoms with van der Waals surface area (Å²) in [6.07, 6.45) is 5.15. The maximum atomic E-state index is 12.5. The molecular weight excluding hydrogens is 388 g/mol. The van der Waals surface area contributed by atoms with Gasteiger partial charge in [0.2, 0.25) is 5.91 Å². The van der Waals surface area contributed by atoms with Gasteiger partial charge in [0, 0.05) is 30.1 Å². The highest BCUT2D eigenvalue weighted by atomic mass is 35.5. The number of likely N-dealkylation sites (tertiary alicyclic amines) is 1. The summed E-state index contributed by atoms with van der Waals surface area (Å²) in [5, 5.41) is 0.650. The number of piperidine rings is 1. The maximum Gasteiger partial charge on any atom is 0.246 e. The van der Waals surface area contributed by atoms with Gasteiger partial charge >= 0.3 is 0 Å². The number of amides is 1. The van der Waals surface area contributed by atoms with Crippen molar-refractivity contribution in [3.8, 4) is 5.75 Å². The van der Waals surface area contributed by atoms with E-state index in [0.717, 1.165) is 41.1 Å². The van der Waals surface area contributed by atoms with Crippen molar-refractivity contribution < 1.29 is 13.9 Å². The highest BCUT2D eigenvalue weighted by molar-refractivity contribution is 6.31. The number of oxazole rings is 1. The Bertz CT molecular complexity index is 1020. The Morgan fingerprint density at radius 2 is 2.00 bits per heavy atom. The van der Waals surface area contributed by atoms with Crippen molar-refractivity contribution >= 4 is 34.7 Å². The third-order valence-electron chi connectivity index (χ3n) is 5.13. The van der Waals surface area contributed by atoms with E-state index in [9.17, 15) is 4.79 Å². The second kappa shape index (κ2) is 8.70. The number of carbonyl (C=O) groups is 1. The molecule has 1 amide bonds. The predicted octanol–water partition coefficient (Wildman–Crippen LogP) is 5.30. The molecule has 0 radical (unpaired) electrons. The molecule has 29 heavy (non-hydrogen) atoms. The van der Waals surface area contributed by atoms with Gasteiger partial charge in [-0.2, -0.15) is 0 Å². The minimum atomic E-state index is 0.0293. The zero-order valence-corrected chi connectivity index (χ0v) is 17.1. The van der Waals surface area contributed by atoms with E-state index in [-0.39, 0.29) is 11.8 Å². The first-order valence-corrected chi connectivity index (χ1v) is 10.3. The second-order valence-electron chi connectivity index (χ2n) is 7.10. The van der Waals surface area contributed by atoms with Crippen LogP contribution in [0, 0.1) is 0 Å². The van der Waals surface area contributed by atoms with Crippen LogP contribution in [0.2, 0.25) is 5.02 Å². The standard InChI is InChI=1S/C23H23ClN2O3/c1-2-28-19-7-3-16(4-8-19)5-10-22(27)26-13-11-17(12-14-26)23-25-20-15-18(24)6-9-21(20)29-23/h3-10,15,17H,2,11-14H2,1H3/b10-5+. The first-order valence-electron chi connectivity index (χ1n) is 9.88. The lowest BCUT2D eigenvalue weighted by Gasteiger charge is -2.29. The summed E-state index contributed by atoms with van der Waals surface area (Å²) in [4.78, 5) is 19.0. The summed E-state index contributed by atoms with van der Waals surface area (Å²) >= 11 is 6.02. The van der Waals surface area contributed by atoms with Crippen LogP contribution >= 0.6 is 11.6 Å². The summed E-state index contributed by atoms with van der Waals surface area (Å²) in [7, 11) is 0. The van der Waals surface area contributed by atoms with Gasteiger partial charge in [-0.05, 0) is 61.7 Å². The molecule has 5 nitrogen and oxygen atoms in total. The van der Waals surface area contributed by atoms with E-state index in [1.807, 2.05) is 54.3 Å². The number of hydrogen-bond donors (Lipinski definition) is 0. The fraction of sp³-hybridized carbons (Fsp3) is 0.304. The average Bonchev–Trinajstić information content (AvgIpc) is 3.16. The number of benzene rings is 2. The lowest BCUT2D eigenvalue weighted by molar-refractivity contribution is -0.127. The van der Waals surface area contributed by atoms with Crippen molar-refractivity contribution in [3.05, 3.63) is 65.0 Å². The van der Waals surface area contributed by atoms with Crippen LogP contribution < -0.4 is 4.74 Å². The molecule has 0 saturated carbocycles. The number of nitrogens with zero attached hydrogens (tertiary/aromatic N) is 2. The monoisotopic (exact) mass is 410 g/mol. The summed E-state index contributed by atoms with van der Waals surface area (Å²) in [6.45, 7) is 3.98. The fourth-order valence-electron chi connectivity index (χ4n) is 3.55. The normalized spacial score (nSPS) is 15.3. The third-order valence-corrected chi connectivity index (χ3v) is 5.37. The first kappa shape index (κ1) is 19.5. The summed E-state index contributed by atoms with van der Waals surface area (Å²) < 4.78 is 11.3. The van der Waals surface area contributed by atoms with Gasteiger partial charge in [-0.1, -0.05) is 23.7 Å². The molecule has 2 aromatic carbocycles. The number of halogens is 1. The second-order valence-corrected chi connectivity index (χ2v) is 7.54. The Labute approximate surface area is 174 Å². The molecule has 0 spiro atoms. The van der Waals surface area contributed by atoms with Crippen LogP contribution in [0.25, 0.3) is 17.2 Å². The molecule has 3 aromatic rings. The van der Waals surface area contributed by atoms with Crippen LogP contribution in [0.1, 0.15) is 37.1 Å². The number of fused-ring (bicyclic) bond motifs is 1. The molecule has 0 unspecified atom stereocenters. The van der Waals surface area contributed by atoms with Crippen molar-refractivity contribution in [1.29, 1.82) is 0 Å².